The first kappa shape index (κ1) is 22.5. The van der Waals surface area contributed by atoms with Crippen LogP contribution in [-0.2, 0) is 0 Å². The van der Waals surface area contributed by atoms with Crippen LogP contribution in [0, 0.1) is 11.3 Å². The molecule has 0 aliphatic heterocycles. The fourth-order valence-electron chi connectivity index (χ4n) is 3.01. The van der Waals surface area contributed by atoms with Gasteiger partial charge in [0.1, 0.15) is 11.9 Å². The summed E-state index contributed by atoms with van der Waals surface area (Å²) in [4.78, 5) is 17.9. The van der Waals surface area contributed by atoms with E-state index < -0.39 is 0 Å². The van der Waals surface area contributed by atoms with Crippen molar-refractivity contribution in [3.05, 3.63) is 62.6 Å². The lowest BCUT2D eigenvalue weighted by molar-refractivity contribution is 0.298. The molecule has 3 rings (SSSR count). The summed E-state index contributed by atoms with van der Waals surface area (Å²) in [5, 5.41) is 13.7. The van der Waals surface area contributed by atoms with Gasteiger partial charge in [-0.15, -0.1) is 0 Å². The molecular formula is C23H23BrN4O3. The zero-order valence-corrected chi connectivity index (χ0v) is 19.2. The van der Waals surface area contributed by atoms with Gasteiger partial charge in [-0.05, 0) is 55.3 Å². The van der Waals surface area contributed by atoms with Crippen molar-refractivity contribution in [2.24, 2.45) is 5.10 Å². The first-order chi connectivity index (χ1) is 15.0. The highest BCUT2D eigenvalue weighted by Gasteiger charge is 2.15. The second-order valence-electron chi connectivity index (χ2n) is 6.89. The Kier molecular flexibility index (Phi) is 7.42. The minimum atomic E-state index is -0.225. The molecule has 0 N–H and O–H groups in total. The molecule has 0 saturated carbocycles. The summed E-state index contributed by atoms with van der Waals surface area (Å²) in [6.45, 7) is 6.31. The second kappa shape index (κ2) is 10.2. The third-order valence-corrected chi connectivity index (χ3v) is 5.26. The number of hydrogen-bond donors (Lipinski definition) is 0. The molecule has 0 bridgehead atoms. The highest BCUT2D eigenvalue weighted by molar-refractivity contribution is 9.10. The summed E-state index contributed by atoms with van der Waals surface area (Å²) in [6.07, 6.45) is 2.42. The van der Waals surface area contributed by atoms with E-state index in [9.17, 15) is 4.79 Å². The lowest BCUT2D eigenvalue weighted by atomic mass is 10.1. The van der Waals surface area contributed by atoms with Crippen LogP contribution in [0.1, 0.15) is 44.5 Å². The Morgan fingerprint density at radius 3 is 2.74 bits per heavy atom. The molecule has 2 aromatic carbocycles. The van der Waals surface area contributed by atoms with Crippen molar-refractivity contribution >= 4 is 33.0 Å². The van der Waals surface area contributed by atoms with Crippen LogP contribution in [0.2, 0.25) is 0 Å². The molecule has 0 spiro atoms. The summed E-state index contributed by atoms with van der Waals surface area (Å²) in [5.74, 6) is 1.66. The zero-order valence-electron chi connectivity index (χ0n) is 17.6. The number of hydrogen-bond acceptors (Lipinski definition) is 6. The maximum atomic E-state index is 13.2. The molecule has 0 saturated heterocycles. The summed E-state index contributed by atoms with van der Waals surface area (Å²) in [6, 6.07) is 12.7. The second-order valence-corrected chi connectivity index (χ2v) is 7.80. The number of benzene rings is 2. The van der Waals surface area contributed by atoms with Gasteiger partial charge in [-0.1, -0.05) is 29.8 Å². The number of fused-ring (bicyclic) bond motifs is 1. The number of halogens is 1. The van der Waals surface area contributed by atoms with Crippen molar-refractivity contribution in [3.63, 3.8) is 0 Å². The molecule has 160 valence electrons. The third-order valence-electron chi connectivity index (χ3n) is 4.77. The predicted octanol–water partition coefficient (Wildman–Crippen LogP) is 4.86. The molecule has 1 aromatic heterocycles. The van der Waals surface area contributed by atoms with Crippen molar-refractivity contribution in [1.29, 1.82) is 5.26 Å². The van der Waals surface area contributed by atoms with Gasteiger partial charge < -0.3 is 9.47 Å². The van der Waals surface area contributed by atoms with Crippen LogP contribution in [0.5, 0.6) is 11.5 Å². The third kappa shape index (κ3) is 5.12. The summed E-state index contributed by atoms with van der Waals surface area (Å²) in [7, 11) is 0. The quantitative estimate of drug-likeness (QED) is 0.427. The zero-order chi connectivity index (χ0) is 22.4. The molecule has 1 atom stereocenters. The molecule has 1 heterocycles. The maximum absolute atomic E-state index is 13.2. The molecule has 8 heteroatoms. The number of nitriles is 1. The molecule has 0 unspecified atom stereocenters. The number of aromatic nitrogens is 2. The van der Waals surface area contributed by atoms with E-state index in [2.05, 4.69) is 21.0 Å². The molecule has 0 aliphatic carbocycles. The molecule has 3 aromatic rings. The Hall–Kier alpha value is -3.18. The standard InChI is InChI=1S/C23H23BrN4O3/c1-4-15(3)22-27-19-8-7-17(24)13-18(19)23(29)28(22)26-14-16-6-9-20(31-11-10-25)21(12-16)30-5-2/h6-9,12-15H,4-5,11H2,1-3H3/t15-/m0/s1. The largest absolute Gasteiger partial charge is 0.490 e. The Labute approximate surface area is 189 Å². The van der Waals surface area contributed by atoms with E-state index in [1.54, 1.807) is 30.5 Å². The average Bonchev–Trinajstić information content (AvgIpc) is 2.77. The summed E-state index contributed by atoms with van der Waals surface area (Å²) >= 11 is 3.42. The van der Waals surface area contributed by atoms with Crippen LogP contribution in [-0.4, -0.2) is 29.1 Å². The van der Waals surface area contributed by atoms with Crippen LogP contribution in [0.3, 0.4) is 0 Å². The topological polar surface area (TPSA) is 89.5 Å². The minimum absolute atomic E-state index is 0.0543. The van der Waals surface area contributed by atoms with Gasteiger partial charge >= 0.3 is 0 Å². The van der Waals surface area contributed by atoms with Gasteiger partial charge in [-0.2, -0.15) is 15.0 Å². The Balaban J connectivity index is 2.07. The molecular weight excluding hydrogens is 460 g/mol. The van der Waals surface area contributed by atoms with E-state index >= 15 is 0 Å². The predicted molar refractivity (Wildman–Crippen MR) is 124 cm³/mol. The number of ether oxygens (including phenoxy) is 2. The van der Waals surface area contributed by atoms with Gasteiger partial charge in [0.05, 0.1) is 23.7 Å². The van der Waals surface area contributed by atoms with Gasteiger partial charge in [0.15, 0.2) is 18.1 Å². The fraction of sp³-hybridized carbons (Fsp3) is 0.304. The van der Waals surface area contributed by atoms with Gasteiger partial charge in [0.25, 0.3) is 5.56 Å². The Morgan fingerprint density at radius 1 is 1.23 bits per heavy atom. The van der Waals surface area contributed by atoms with Crippen LogP contribution in [0.4, 0.5) is 0 Å². The monoisotopic (exact) mass is 482 g/mol. The first-order valence-electron chi connectivity index (χ1n) is 10.0. The van der Waals surface area contributed by atoms with Crippen molar-refractivity contribution in [1.82, 2.24) is 9.66 Å². The van der Waals surface area contributed by atoms with E-state index in [0.717, 1.165) is 16.5 Å². The first-order valence-corrected chi connectivity index (χ1v) is 10.8. The highest BCUT2D eigenvalue weighted by atomic mass is 79.9. The minimum Gasteiger partial charge on any atom is -0.490 e. The van der Waals surface area contributed by atoms with Gasteiger partial charge in [-0.25, -0.2) is 4.98 Å². The van der Waals surface area contributed by atoms with Crippen molar-refractivity contribution in [3.8, 4) is 17.6 Å². The van der Waals surface area contributed by atoms with Gasteiger partial charge in [0, 0.05) is 10.4 Å². The fourth-order valence-corrected chi connectivity index (χ4v) is 3.37. The molecule has 31 heavy (non-hydrogen) atoms. The summed E-state index contributed by atoms with van der Waals surface area (Å²) in [5.41, 5.74) is 1.15. The van der Waals surface area contributed by atoms with Crippen molar-refractivity contribution in [2.45, 2.75) is 33.1 Å². The number of nitrogens with zero attached hydrogens (tertiary/aromatic N) is 4. The van der Waals surface area contributed by atoms with E-state index in [-0.39, 0.29) is 18.1 Å². The molecule has 0 aliphatic rings. The van der Waals surface area contributed by atoms with Crippen LogP contribution in [0.25, 0.3) is 10.9 Å². The Morgan fingerprint density at radius 2 is 2.03 bits per heavy atom. The van der Waals surface area contributed by atoms with Crippen LogP contribution in [0.15, 0.2) is 50.8 Å². The molecule has 0 fully saturated rings. The van der Waals surface area contributed by atoms with Crippen molar-refractivity contribution < 1.29 is 9.47 Å². The molecule has 0 radical (unpaired) electrons. The molecule has 7 nitrogen and oxygen atoms in total. The Bertz CT molecular complexity index is 1210. The lowest BCUT2D eigenvalue weighted by Crippen LogP contribution is -2.23. The number of rotatable bonds is 8. The van der Waals surface area contributed by atoms with Gasteiger partial charge in [-0.3, -0.25) is 4.79 Å². The van der Waals surface area contributed by atoms with Crippen LogP contribution < -0.4 is 15.0 Å². The van der Waals surface area contributed by atoms with Crippen molar-refractivity contribution in [2.75, 3.05) is 13.2 Å². The highest BCUT2D eigenvalue weighted by Crippen LogP contribution is 2.28. The average molecular weight is 483 g/mol. The smallest absolute Gasteiger partial charge is 0.282 e. The SMILES string of the molecule is CCOc1cc(C=Nn2c([C@@H](C)CC)nc3ccc(Br)cc3c2=O)ccc1OCC#N. The summed E-state index contributed by atoms with van der Waals surface area (Å²) < 4.78 is 13.2. The van der Waals surface area contributed by atoms with Gasteiger partial charge in [0.2, 0.25) is 0 Å². The van der Waals surface area contributed by atoms with Crippen LogP contribution >= 0.6 is 15.9 Å². The van der Waals surface area contributed by atoms with E-state index in [4.69, 9.17) is 19.7 Å². The normalized spacial score (nSPS) is 12.1. The molecule has 0 amide bonds. The lowest BCUT2D eigenvalue weighted by Gasteiger charge is -2.14. The van der Waals surface area contributed by atoms with E-state index in [1.165, 1.54) is 4.68 Å². The maximum Gasteiger partial charge on any atom is 0.282 e. The van der Waals surface area contributed by atoms with E-state index in [0.29, 0.717) is 34.8 Å². The van der Waals surface area contributed by atoms with E-state index in [1.807, 2.05) is 39.0 Å².